The Kier molecular flexibility index (Phi) is 5.06. The van der Waals surface area contributed by atoms with Crippen LogP contribution in [-0.2, 0) is 16.1 Å². The summed E-state index contributed by atoms with van der Waals surface area (Å²) in [7, 11) is 3.42. The Morgan fingerprint density at radius 2 is 2.18 bits per heavy atom. The summed E-state index contributed by atoms with van der Waals surface area (Å²) >= 11 is 0. The lowest BCUT2D eigenvalue weighted by Crippen LogP contribution is -2.38. The van der Waals surface area contributed by atoms with E-state index in [0.29, 0.717) is 19.5 Å². The highest BCUT2D eigenvalue weighted by Crippen LogP contribution is 2.23. The quantitative estimate of drug-likeness (QED) is 0.835. The number of carbonyl (C=O) groups excluding carboxylic acids is 2. The zero-order valence-electron chi connectivity index (χ0n) is 13.7. The van der Waals surface area contributed by atoms with Gasteiger partial charge in [0.25, 0.3) is 0 Å². The lowest BCUT2D eigenvalue weighted by molar-refractivity contribution is -0.136. The van der Waals surface area contributed by atoms with Crippen LogP contribution in [0, 0.1) is 5.92 Å². The first-order valence-electron chi connectivity index (χ1n) is 7.59. The van der Waals surface area contributed by atoms with Gasteiger partial charge in [0.15, 0.2) is 0 Å². The van der Waals surface area contributed by atoms with Crippen LogP contribution in [0.15, 0.2) is 24.3 Å². The maximum atomic E-state index is 12.4. The number of likely N-dealkylation sites (tertiary alicyclic amines) is 1. The molecule has 0 aromatic heterocycles. The van der Waals surface area contributed by atoms with Crippen molar-refractivity contribution in [3.63, 3.8) is 0 Å². The van der Waals surface area contributed by atoms with E-state index in [1.165, 1.54) is 0 Å². The smallest absolute Gasteiger partial charge is 0.227 e. The SMILES string of the molecule is COc1cccc(CN2CC(C(=O)N(C)C(C)C)CC2=O)c1. The predicted octanol–water partition coefficient (Wildman–Crippen LogP) is 1.91. The van der Waals surface area contributed by atoms with Gasteiger partial charge < -0.3 is 14.5 Å². The molecule has 5 nitrogen and oxygen atoms in total. The number of ether oxygens (including phenoxy) is 1. The molecule has 1 saturated heterocycles. The van der Waals surface area contributed by atoms with Crippen molar-refractivity contribution in [2.24, 2.45) is 5.92 Å². The largest absolute Gasteiger partial charge is 0.497 e. The van der Waals surface area contributed by atoms with Crippen molar-refractivity contribution >= 4 is 11.8 Å². The minimum absolute atomic E-state index is 0.0401. The molecule has 0 aliphatic carbocycles. The summed E-state index contributed by atoms with van der Waals surface area (Å²) in [5.41, 5.74) is 1.01. The standard InChI is InChI=1S/C17H24N2O3/c1-12(2)18(3)17(21)14-9-16(20)19(11-14)10-13-6-5-7-15(8-13)22-4/h5-8,12,14H,9-11H2,1-4H3. The van der Waals surface area contributed by atoms with Gasteiger partial charge in [0.2, 0.25) is 11.8 Å². The van der Waals surface area contributed by atoms with Gasteiger partial charge in [-0.3, -0.25) is 9.59 Å². The third-order valence-corrected chi connectivity index (χ3v) is 4.19. The van der Waals surface area contributed by atoms with Crippen molar-refractivity contribution in [2.45, 2.75) is 32.9 Å². The molecule has 1 aliphatic rings. The second-order valence-electron chi connectivity index (χ2n) is 6.07. The number of amides is 2. The third kappa shape index (κ3) is 3.59. The maximum Gasteiger partial charge on any atom is 0.227 e. The fourth-order valence-corrected chi connectivity index (χ4v) is 2.62. The number of hydrogen-bond acceptors (Lipinski definition) is 3. The van der Waals surface area contributed by atoms with Gasteiger partial charge in [-0.15, -0.1) is 0 Å². The number of hydrogen-bond donors (Lipinski definition) is 0. The van der Waals surface area contributed by atoms with E-state index in [1.807, 2.05) is 38.1 Å². The van der Waals surface area contributed by atoms with Crippen molar-refractivity contribution in [2.75, 3.05) is 20.7 Å². The molecule has 22 heavy (non-hydrogen) atoms. The van der Waals surface area contributed by atoms with Crippen molar-refractivity contribution in [1.82, 2.24) is 9.80 Å². The topological polar surface area (TPSA) is 49.9 Å². The van der Waals surface area contributed by atoms with Crippen LogP contribution in [0.2, 0.25) is 0 Å². The van der Waals surface area contributed by atoms with Crippen LogP contribution in [0.3, 0.4) is 0 Å². The van der Waals surface area contributed by atoms with Crippen LogP contribution in [-0.4, -0.2) is 48.4 Å². The Balaban J connectivity index is 2.02. The van der Waals surface area contributed by atoms with Crippen LogP contribution in [0.4, 0.5) is 0 Å². The first kappa shape index (κ1) is 16.3. The minimum Gasteiger partial charge on any atom is -0.497 e. The summed E-state index contributed by atoms with van der Waals surface area (Å²) < 4.78 is 5.20. The number of benzene rings is 1. The molecule has 1 heterocycles. The first-order chi connectivity index (χ1) is 10.4. The van der Waals surface area contributed by atoms with E-state index < -0.39 is 0 Å². The molecular formula is C17H24N2O3. The van der Waals surface area contributed by atoms with Crippen molar-refractivity contribution in [1.29, 1.82) is 0 Å². The molecule has 0 bridgehead atoms. The molecule has 120 valence electrons. The van der Waals surface area contributed by atoms with Gasteiger partial charge in [-0.1, -0.05) is 12.1 Å². The molecule has 5 heteroatoms. The monoisotopic (exact) mass is 304 g/mol. The Morgan fingerprint density at radius 3 is 2.82 bits per heavy atom. The van der Waals surface area contributed by atoms with Crippen molar-refractivity contribution in [3.8, 4) is 5.75 Å². The highest BCUT2D eigenvalue weighted by Gasteiger charge is 2.36. The Morgan fingerprint density at radius 1 is 1.45 bits per heavy atom. The Hall–Kier alpha value is -2.04. The van der Waals surface area contributed by atoms with Crippen LogP contribution < -0.4 is 4.74 Å². The van der Waals surface area contributed by atoms with Gasteiger partial charge in [0.1, 0.15) is 5.75 Å². The summed E-state index contributed by atoms with van der Waals surface area (Å²) in [6.07, 6.45) is 0.305. The van der Waals surface area contributed by atoms with E-state index in [0.717, 1.165) is 11.3 Å². The van der Waals surface area contributed by atoms with Gasteiger partial charge in [-0.25, -0.2) is 0 Å². The van der Waals surface area contributed by atoms with Crippen LogP contribution in [0.1, 0.15) is 25.8 Å². The molecule has 1 aromatic carbocycles. The highest BCUT2D eigenvalue weighted by atomic mass is 16.5. The van der Waals surface area contributed by atoms with E-state index in [4.69, 9.17) is 4.74 Å². The fourth-order valence-electron chi connectivity index (χ4n) is 2.62. The maximum absolute atomic E-state index is 12.4. The Bertz CT molecular complexity index is 557. The van der Waals surface area contributed by atoms with E-state index >= 15 is 0 Å². The van der Waals surface area contributed by atoms with Gasteiger partial charge in [-0.2, -0.15) is 0 Å². The molecule has 1 aromatic rings. The number of rotatable bonds is 5. The van der Waals surface area contributed by atoms with Crippen molar-refractivity contribution in [3.05, 3.63) is 29.8 Å². The average Bonchev–Trinajstić information content (AvgIpc) is 2.86. The predicted molar refractivity (Wildman–Crippen MR) is 84.4 cm³/mol. The summed E-state index contributed by atoms with van der Waals surface area (Å²) in [6.45, 7) is 4.96. The Labute approximate surface area is 131 Å². The molecule has 2 rings (SSSR count). The second-order valence-corrected chi connectivity index (χ2v) is 6.07. The normalized spacial score (nSPS) is 18.0. The number of carbonyl (C=O) groups is 2. The molecule has 2 amide bonds. The molecular weight excluding hydrogens is 280 g/mol. The third-order valence-electron chi connectivity index (χ3n) is 4.19. The lowest BCUT2D eigenvalue weighted by Gasteiger charge is -2.24. The zero-order valence-corrected chi connectivity index (χ0v) is 13.7. The minimum atomic E-state index is -0.231. The molecule has 1 aliphatic heterocycles. The second kappa shape index (κ2) is 6.81. The molecule has 1 fully saturated rings. The molecule has 0 N–H and O–H groups in total. The van der Waals surface area contributed by atoms with E-state index in [1.54, 1.807) is 24.0 Å². The number of nitrogens with zero attached hydrogens (tertiary/aromatic N) is 2. The van der Waals surface area contributed by atoms with Crippen LogP contribution in [0.25, 0.3) is 0 Å². The van der Waals surface area contributed by atoms with Crippen molar-refractivity contribution < 1.29 is 14.3 Å². The number of methoxy groups -OCH3 is 1. The fraction of sp³-hybridized carbons (Fsp3) is 0.529. The molecule has 0 saturated carbocycles. The van der Waals surface area contributed by atoms with E-state index in [2.05, 4.69) is 0 Å². The van der Waals surface area contributed by atoms with Crippen LogP contribution in [0.5, 0.6) is 5.75 Å². The highest BCUT2D eigenvalue weighted by molar-refractivity contribution is 5.89. The van der Waals surface area contributed by atoms with Gasteiger partial charge in [0, 0.05) is 32.6 Å². The van der Waals surface area contributed by atoms with Crippen LogP contribution >= 0.6 is 0 Å². The first-order valence-corrected chi connectivity index (χ1v) is 7.59. The summed E-state index contributed by atoms with van der Waals surface area (Å²) in [6, 6.07) is 7.81. The lowest BCUT2D eigenvalue weighted by atomic mass is 10.1. The average molecular weight is 304 g/mol. The van der Waals surface area contributed by atoms with E-state index in [-0.39, 0.29) is 23.8 Å². The van der Waals surface area contributed by atoms with Gasteiger partial charge >= 0.3 is 0 Å². The molecule has 0 spiro atoms. The van der Waals surface area contributed by atoms with Gasteiger partial charge in [-0.05, 0) is 31.5 Å². The van der Waals surface area contributed by atoms with E-state index in [9.17, 15) is 9.59 Å². The summed E-state index contributed by atoms with van der Waals surface area (Å²) in [4.78, 5) is 28.0. The zero-order chi connectivity index (χ0) is 16.3. The molecule has 1 unspecified atom stereocenters. The van der Waals surface area contributed by atoms with Gasteiger partial charge in [0.05, 0.1) is 13.0 Å². The molecule has 1 atom stereocenters. The molecule has 0 radical (unpaired) electrons. The summed E-state index contributed by atoms with van der Waals surface area (Å²) in [5, 5.41) is 0. The summed E-state index contributed by atoms with van der Waals surface area (Å²) in [5.74, 6) is 0.636.